The summed E-state index contributed by atoms with van der Waals surface area (Å²) in [5.41, 5.74) is -0.632. The Morgan fingerprint density at radius 2 is 2.00 bits per heavy atom. The van der Waals surface area contributed by atoms with Gasteiger partial charge in [-0.1, -0.05) is 18.2 Å². The van der Waals surface area contributed by atoms with Crippen molar-refractivity contribution < 1.29 is 14.7 Å². The molecule has 0 aliphatic carbocycles. The Hall–Kier alpha value is -3.00. The fourth-order valence-corrected chi connectivity index (χ4v) is 4.37. The van der Waals surface area contributed by atoms with Gasteiger partial charge in [-0.15, -0.1) is 6.58 Å². The molecule has 2 amide bonds. The van der Waals surface area contributed by atoms with Crippen LogP contribution in [0.3, 0.4) is 0 Å². The van der Waals surface area contributed by atoms with E-state index in [4.69, 9.17) is 0 Å². The van der Waals surface area contributed by atoms with Crippen LogP contribution >= 0.6 is 0 Å². The lowest BCUT2D eigenvalue weighted by atomic mass is 9.90. The van der Waals surface area contributed by atoms with Crippen LogP contribution in [0.2, 0.25) is 0 Å². The number of piperidine rings is 1. The van der Waals surface area contributed by atoms with E-state index in [1.807, 2.05) is 6.07 Å². The van der Waals surface area contributed by atoms with Crippen LogP contribution in [-0.2, 0) is 16.1 Å². The number of carbonyl (C=O) groups is 2. The largest absolute Gasteiger partial charge is 0.388 e. The number of benzene rings is 1. The van der Waals surface area contributed by atoms with Crippen molar-refractivity contribution in [1.29, 1.82) is 0 Å². The normalized spacial score (nSPS) is 21.2. The summed E-state index contributed by atoms with van der Waals surface area (Å²) in [6, 6.07) is 7.13. The van der Waals surface area contributed by atoms with Gasteiger partial charge in [0.25, 0.3) is 5.56 Å². The van der Waals surface area contributed by atoms with E-state index in [0.717, 1.165) is 0 Å². The highest BCUT2D eigenvalue weighted by Gasteiger charge is 2.40. The average molecular weight is 410 g/mol. The van der Waals surface area contributed by atoms with Crippen molar-refractivity contribution in [2.24, 2.45) is 5.92 Å². The van der Waals surface area contributed by atoms with Crippen LogP contribution < -0.4 is 5.56 Å². The fourth-order valence-electron chi connectivity index (χ4n) is 4.37. The van der Waals surface area contributed by atoms with Gasteiger partial charge in [-0.05, 0) is 25.0 Å². The second kappa shape index (κ2) is 8.02. The molecule has 0 saturated carbocycles. The fraction of sp³-hybridized carbons (Fsp3) is 0.455. The second-order valence-electron chi connectivity index (χ2n) is 8.23. The maximum absolute atomic E-state index is 12.8. The van der Waals surface area contributed by atoms with Crippen LogP contribution in [0.15, 0.2) is 48.0 Å². The predicted octanol–water partition coefficient (Wildman–Crippen LogP) is 0.784. The summed E-state index contributed by atoms with van der Waals surface area (Å²) >= 11 is 0. The minimum atomic E-state index is -1.08. The van der Waals surface area contributed by atoms with Gasteiger partial charge in [0.1, 0.15) is 0 Å². The molecule has 2 aliphatic heterocycles. The molecule has 3 heterocycles. The molecule has 0 spiro atoms. The molecule has 1 N–H and O–H groups in total. The molecular formula is C22H26N4O4. The molecular weight excluding hydrogens is 384 g/mol. The Balaban J connectivity index is 1.40. The number of hydrogen-bond donors (Lipinski definition) is 1. The quantitative estimate of drug-likeness (QED) is 0.735. The first kappa shape index (κ1) is 20.3. The van der Waals surface area contributed by atoms with Crippen molar-refractivity contribution >= 4 is 22.7 Å². The zero-order valence-electron chi connectivity index (χ0n) is 16.9. The number of rotatable bonds is 5. The summed E-state index contributed by atoms with van der Waals surface area (Å²) in [7, 11) is 0. The number of likely N-dealkylation sites (tertiary alicyclic amines) is 2. The molecule has 2 aromatic rings. The zero-order valence-corrected chi connectivity index (χ0v) is 16.9. The molecule has 2 fully saturated rings. The second-order valence-corrected chi connectivity index (χ2v) is 8.23. The number of aliphatic hydroxyl groups is 1. The Morgan fingerprint density at radius 3 is 2.73 bits per heavy atom. The Kier molecular flexibility index (Phi) is 5.42. The summed E-state index contributed by atoms with van der Waals surface area (Å²) in [6.07, 6.45) is 4.10. The number of aromatic nitrogens is 2. The first-order valence-electron chi connectivity index (χ1n) is 10.2. The number of carbonyl (C=O) groups excluding carboxylic acids is 2. The number of amides is 2. The minimum Gasteiger partial charge on any atom is -0.388 e. The van der Waals surface area contributed by atoms with Gasteiger partial charge in [0.2, 0.25) is 11.8 Å². The van der Waals surface area contributed by atoms with Gasteiger partial charge in [0.15, 0.2) is 0 Å². The van der Waals surface area contributed by atoms with E-state index >= 15 is 0 Å². The predicted molar refractivity (Wildman–Crippen MR) is 112 cm³/mol. The Labute approximate surface area is 174 Å². The van der Waals surface area contributed by atoms with E-state index in [2.05, 4.69) is 11.6 Å². The third-order valence-electron chi connectivity index (χ3n) is 6.12. The third kappa shape index (κ3) is 3.87. The van der Waals surface area contributed by atoms with Gasteiger partial charge in [0.05, 0.1) is 35.3 Å². The van der Waals surface area contributed by atoms with E-state index in [1.165, 1.54) is 10.9 Å². The lowest BCUT2D eigenvalue weighted by Gasteiger charge is -2.39. The maximum atomic E-state index is 12.8. The standard InChI is InChI=1S/C22H26N4O4/c1-2-9-25-13-16(12-19(25)27)20(28)24-10-7-22(30,8-11-24)14-26-15-23-18-6-4-3-5-17(18)21(26)29/h2-6,15-16,30H,1,7-14H2. The lowest BCUT2D eigenvalue weighted by Crippen LogP contribution is -2.51. The van der Waals surface area contributed by atoms with Crippen LogP contribution in [0.1, 0.15) is 19.3 Å². The van der Waals surface area contributed by atoms with Crippen LogP contribution in [0.25, 0.3) is 10.9 Å². The SMILES string of the molecule is C=CCN1CC(C(=O)N2CCC(O)(Cn3cnc4ccccc4c3=O)CC2)CC1=O. The summed E-state index contributed by atoms with van der Waals surface area (Å²) in [5, 5.41) is 11.6. The highest BCUT2D eigenvalue weighted by atomic mass is 16.3. The summed E-state index contributed by atoms with van der Waals surface area (Å²) in [6.45, 7) is 5.46. The topological polar surface area (TPSA) is 95.7 Å². The van der Waals surface area contributed by atoms with E-state index < -0.39 is 5.60 Å². The number of para-hydroxylation sites is 1. The molecule has 0 radical (unpaired) electrons. The highest BCUT2D eigenvalue weighted by Crippen LogP contribution is 2.27. The number of fused-ring (bicyclic) bond motifs is 1. The molecule has 8 nitrogen and oxygen atoms in total. The van der Waals surface area contributed by atoms with E-state index in [-0.39, 0.29) is 36.3 Å². The monoisotopic (exact) mass is 410 g/mol. The molecule has 2 saturated heterocycles. The zero-order chi connectivity index (χ0) is 21.3. The molecule has 1 aromatic heterocycles. The molecule has 4 rings (SSSR count). The van der Waals surface area contributed by atoms with Gasteiger partial charge in [-0.25, -0.2) is 4.98 Å². The molecule has 30 heavy (non-hydrogen) atoms. The molecule has 0 bridgehead atoms. The third-order valence-corrected chi connectivity index (χ3v) is 6.12. The van der Waals surface area contributed by atoms with Crippen molar-refractivity contribution in [1.82, 2.24) is 19.4 Å². The lowest BCUT2D eigenvalue weighted by molar-refractivity contribution is -0.140. The van der Waals surface area contributed by atoms with Crippen molar-refractivity contribution in [3.05, 3.63) is 53.6 Å². The first-order chi connectivity index (χ1) is 14.4. The van der Waals surface area contributed by atoms with Crippen molar-refractivity contribution in [2.45, 2.75) is 31.4 Å². The molecule has 158 valence electrons. The first-order valence-corrected chi connectivity index (χ1v) is 10.2. The van der Waals surface area contributed by atoms with Crippen molar-refractivity contribution in [3.63, 3.8) is 0 Å². The number of hydrogen-bond acceptors (Lipinski definition) is 5. The van der Waals surface area contributed by atoms with Crippen molar-refractivity contribution in [3.8, 4) is 0 Å². The minimum absolute atomic E-state index is 0.0232. The van der Waals surface area contributed by atoms with Gasteiger partial charge in [-0.2, -0.15) is 0 Å². The van der Waals surface area contributed by atoms with Gasteiger partial charge in [0, 0.05) is 32.6 Å². The Morgan fingerprint density at radius 1 is 1.27 bits per heavy atom. The van der Waals surface area contributed by atoms with Crippen molar-refractivity contribution in [2.75, 3.05) is 26.2 Å². The molecule has 1 unspecified atom stereocenters. The maximum Gasteiger partial charge on any atom is 0.261 e. The van der Waals surface area contributed by atoms with Crippen LogP contribution in [0.5, 0.6) is 0 Å². The van der Waals surface area contributed by atoms with Crippen LogP contribution in [-0.4, -0.2) is 68.1 Å². The Bertz CT molecular complexity index is 1040. The molecule has 8 heteroatoms. The smallest absolute Gasteiger partial charge is 0.261 e. The van der Waals surface area contributed by atoms with Crippen LogP contribution in [0.4, 0.5) is 0 Å². The summed E-state index contributed by atoms with van der Waals surface area (Å²) < 4.78 is 1.45. The van der Waals surface area contributed by atoms with E-state index in [1.54, 1.807) is 34.1 Å². The molecule has 1 aromatic carbocycles. The number of nitrogens with zero attached hydrogens (tertiary/aromatic N) is 4. The van der Waals surface area contributed by atoms with Gasteiger partial charge in [-0.3, -0.25) is 19.0 Å². The summed E-state index contributed by atoms with van der Waals surface area (Å²) in [4.78, 5) is 45.3. The van der Waals surface area contributed by atoms with Gasteiger partial charge < -0.3 is 14.9 Å². The van der Waals surface area contributed by atoms with E-state index in [0.29, 0.717) is 49.9 Å². The average Bonchev–Trinajstić information content (AvgIpc) is 3.11. The van der Waals surface area contributed by atoms with Crippen LogP contribution in [0, 0.1) is 5.92 Å². The molecule has 2 aliphatic rings. The highest BCUT2D eigenvalue weighted by molar-refractivity contribution is 5.89. The van der Waals surface area contributed by atoms with E-state index in [9.17, 15) is 19.5 Å². The van der Waals surface area contributed by atoms with Gasteiger partial charge >= 0.3 is 0 Å². The molecule has 1 atom stereocenters. The summed E-state index contributed by atoms with van der Waals surface area (Å²) in [5.74, 6) is -0.401.